The molecule has 1 aromatic heterocycles. The molecule has 0 atom stereocenters. The second-order valence-electron chi connectivity index (χ2n) is 15.3. The van der Waals surface area contributed by atoms with Gasteiger partial charge in [0.25, 0.3) is 0 Å². The number of benzene rings is 9. The van der Waals surface area contributed by atoms with Crippen molar-refractivity contribution in [1.82, 2.24) is 0 Å². The highest BCUT2D eigenvalue weighted by Crippen LogP contribution is 2.51. The summed E-state index contributed by atoms with van der Waals surface area (Å²) in [6.07, 6.45) is 0. The summed E-state index contributed by atoms with van der Waals surface area (Å²) < 4.78 is 6.19. The Hall–Kier alpha value is -6.90. The van der Waals surface area contributed by atoms with E-state index >= 15 is 0 Å². The number of anilines is 3. The predicted octanol–water partition coefficient (Wildman–Crippen LogP) is 15.0. The van der Waals surface area contributed by atoms with E-state index in [-0.39, 0.29) is 5.41 Å². The molecule has 1 heterocycles. The molecule has 0 radical (unpaired) electrons. The molecular weight excluding hydrogens is 667 g/mol. The van der Waals surface area contributed by atoms with Crippen LogP contribution < -0.4 is 4.90 Å². The van der Waals surface area contributed by atoms with Crippen LogP contribution in [0.25, 0.3) is 76.9 Å². The van der Waals surface area contributed by atoms with Crippen LogP contribution in [-0.2, 0) is 5.41 Å². The van der Waals surface area contributed by atoms with E-state index in [0.717, 1.165) is 33.6 Å². The molecular formula is C53H37NO. The molecule has 0 saturated carbocycles. The average molecular weight is 704 g/mol. The summed E-state index contributed by atoms with van der Waals surface area (Å²) in [7, 11) is 0. The molecule has 55 heavy (non-hydrogen) atoms. The molecule has 260 valence electrons. The van der Waals surface area contributed by atoms with Gasteiger partial charge in [-0.25, -0.2) is 0 Å². The van der Waals surface area contributed by atoms with Crippen LogP contribution in [0.4, 0.5) is 17.1 Å². The lowest BCUT2D eigenvalue weighted by molar-refractivity contribution is 0.660. The highest BCUT2D eigenvalue weighted by molar-refractivity contribution is 6.19. The lowest BCUT2D eigenvalue weighted by Gasteiger charge is -2.30. The summed E-state index contributed by atoms with van der Waals surface area (Å²) in [6, 6.07) is 68.6. The van der Waals surface area contributed by atoms with Crippen molar-refractivity contribution in [3.63, 3.8) is 0 Å². The van der Waals surface area contributed by atoms with Gasteiger partial charge in [-0.15, -0.1) is 0 Å². The van der Waals surface area contributed by atoms with Crippen molar-refractivity contribution in [3.8, 4) is 33.4 Å². The summed E-state index contributed by atoms with van der Waals surface area (Å²) >= 11 is 0. The first-order valence-corrected chi connectivity index (χ1v) is 19.1. The fourth-order valence-corrected chi connectivity index (χ4v) is 9.15. The first-order valence-electron chi connectivity index (χ1n) is 19.1. The van der Waals surface area contributed by atoms with Gasteiger partial charge in [-0.1, -0.05) is 153 Å². The topological polar surface area (TPSA) is 16.4 Å². The van der Waals surface area contributed by atoms with Gasteiger partial charge in [0.05, 0.1) is 5.69 Å². The SMILES string of the molecule is CC1(C)c2ccccc2-c2ccc(N(c3ccc(-c4ccc5c(ccc6oc7ccccc7c65)c4)cc3)c3ccccc3-c3cccc4ccccc34)cc21. The predicted molar refractivity (Wildman–Crippen MR) is 232 cm³/mol. The Kier molecular flexibility index (Phi) is 6.93. The zero-order valence-electron chi connectivity index (χ0n) is 30.8. The van der Waals surface area contributed by atoms with Crippen LogP contribution in [0.15, 0.2) is 192 Å². The zero-order chi connectivity index (χ0) is 36.7. The van der Waals surface area contributed by atoms with E-state index in [1.807, 2.05) is 12.1 Å². The number of rotatable bonds is 5. The maximum Gasteiger partial charge on any atom is 0.136 e. The second-order valence-corrected chi connectivity index (χ2v) is 15.3. The summed E-state index contributed by atoms with van der Waals surface area (Å²) in [5.41, 5.74) is 15.3. The van der Waals surface area contributed by atoms with E-state index < -0.39 is 0 Å². The maximum atomic E-state index is 6.19. The Morgan fingerprint density at radius 3 is 1.96 bits per heavy atom. The second kappa shape index (κ2) is 12.1. The summed E-state index contributed by atoms with van der Waals surface area (Å²) in [5, 5.41) is 7.22. The van der Waals surface area contributed by atoms with Gasteiger partial charge in [0.1, 0.15) is 11.2 Å². The van der Waals surface area contributed by atoms with Crippen molar-refractivity contribution in [1.29, 1.82) is 0 Å². The number of hydrogen-bond acceptors (Lipinski definition) is 2. The molecule has 0 amide bonds. The third kappa shape index (κ3) is 4.88. The first kappa shape index (κ1) is 31.6. The molecule has 2 heteroatoms. The van der Waals surface area contributed by atoms with E-state index in [1.165, 1.54) is 71.4 Å². The van der Waals surface area contributed by atoms with Crippen molar-refractivity contribution in [2.24, 2.45) is 0 Å². The van der Waals surface area contributed by atoms with Crippen molar-refractivity contribution < 1.29 is 4.42 Å². The Morgan fingerprint density at radius 2 is 1.07 bits per heavy atom. The molecule has 1 aliphatic rings. The number of fused-ring (bicyclic) bond motifs is 9. The van der Waals surface area contributed by atoms with Crippen molar-refractivity contribution in [2.45, 2.75) is 19.3 Å². The van der Waals surface area contributed by atoms with Crippen LogP contribution in [0.2, 0.25) is 0 Å². The molecule has 1 aliphatic carbocycles. The molecule has 0 saturated heterocycles. The zero-order valence-corrected chi connectivity index (χ0v) is 30.8. The van der Waals surface area contributed by atoms with E-state index in [0.29, 0.717) is 0 Å². The number of para-hydroxylation sites is 2. The van der Waals surface area contributed by atoms with Gasteiger partial charge in [-0.05, 0) is 109 Å². The van der Waals surface area contributed by atoms with Gasteiger partial charge >= 0.3 is 0 Å². The minimum Gasteiger partial charge on any atom is -0.456 e. The van der Waals surface area contributed by atoms with Gasteiger partial charge in [-0.3, -0.25) is 0 Å². The van der Waals surface area contributed by atoms with Crippen molar-refractivity contribution in [2.75, 3.05) is 4.90 Å². The van der Waals surface area contributed by atoms with Crippen LogP contribution in [0.1, 0.15) is 25.0 Å². The standard InChI is InChI=1S/C53H37NO/c1-53(2)47-19-8-5-15-43(47)44-30-28-39(33-48(44)53)54(49-20-9-6-16-45(49)42-18-11-13-35-12-3-4-14-40(35)42)38-26-22-34(23-27-38)36-24-29-41-37(32-36)25-31-51-52(41)46-17-7-10-21-50(46)55-51/h3-33H,1-2H3. The van der Waals surface area contributed by atoms with Crippen molar-refractivity contribution >= 4 is 60.5 Å². The van der Waals surface area contributed by atoms with Gasteiger partial charge in [0.2, 0.25) is 0 Å². The monoisotopic (exact) mass is 703 g/mol. The molecule has 0 bridgehead atoms. The summed E-state index contributed by atoms with van der Waals surface area (Å²) in [5.74, 6) is 0. The quantitative estimate of drug-likeness (QED) is 0.177. The van der Waals surface area contributed by atoms with Crippen LogP contribution >= 0.6 is 0 Å². The van der Waals surface area contributed by atoms with E-state index in [9.17, 15) is 0 Å². The first-order chi connectivity index (χ1) is 27.0. The van der Waals surface area contributed by atoms with Crippen LogP contribution in [0.3, 0.4) is 0 Å². The Bertz CT molecular complexity index is 3120. The van der Waals surface area contributed by atoms with Crippen LogP contribution in [-0.4, -0.2) is 0 Å². The maximum absolute atomic E-state index is 6.19. The fourth-order valence-electron chi connectivity index (χ4n) is 9.15. The van der Waals surface area contributed by atoms with Crippen LogP contribution in [0.5, 0.6) is 0 Å². The number of hydrogen-bond donors (Lipinski definition) is 0. The summed E-state index contributed by atoms with van der Waals surface area (Å²) in [4.78, 5) is 2.45. The molecule has 10 aromatic rings. The average Bonchev–Trinajstić information content (AvgIpc) is 3.73. The third-order valence-electron chi connectivity index (χ3n) is 11.9. The van der Waals surface area contributed by atoms with E-state index in [2.05, 4.69) is 195 Å². The Labute approximate surface area is 320 Å². The minimum atomic E-state index is -0.114. The van der Waals surface area contributed by atoms with Crippen LogP contribution in [0, 0.1) is 0 Å². The molecule has 2 nitrogen and oxygen atoms in total. The summed E-state index contributed by atoms with van der Waals surface area (Å²) in [6.45, 7) is 4.71. The van der Waals surface area contributed by atoms with Gasteiger partial charge in [0.15, 0.2) is 0 Å². The molecule has 0 N–H and O–H groups in total. The fraction of sp³-hybridized carbons (Fsp3) is 0.0566. The third-order valence-corrected chi connectivity index (χ3v) is 11.9. The molecule has 0 fully saturated rings. The molecule has 0 unspecified atom stereocenters. The normalized spacial score (nSPS) is 13.1. The molecule has 9 aromatic carbocycles. The number of furan rings is 1. The molecule has 0 aliphatic heterocycles. The van der Waals surface area contributed by atoms with Gasteiger partial charge in [0, 0.05) is 33.1 Å². The Balaban J connectivity index is 1.06. The molecule has 0 spiro atoms. The van der Waals surface area contributed by atoms with Gasteiger partial charge in [-0.2, -0.15) is 0 Å². The Morgan fingerprint density at radius 1 is 0.400 bits per heavy atom. The largest absolute Gasteiger partial charge is 0.456 e. The van der Waals surface area contributed by atoms with Gasteiger partial charge < -0.3 is 9.32 Å². The highest BCUT2D eigenvalue weighted by Gasteiger charge is 2.36. The van der Waals surface area contributed by atoms with E-state index in [1.54, 1.807) is 0 Å². The van der Waals surface area contributed by atoms with E-state index in [4.69, 9.17) is 4.42 Å². The smallest absolute Gasteiger partial charge is 0.136 e. The highest BCUT2D eigenvalue weighted by atomic mass is 16.3. The lowest BCUT2D eigenvalue weighted by atomic mass is 9.82. The lowest BCUT2D eigenvalue weighted by Crippen LogP contribution is -2.16. The molecule has 11 rings (SSSR count). The number of nitrogens with zero attached hydrogens (tertiary/aromatic N) is 1. The van der Waals surface area contributed by atoms with Crippen molar-refractivity contribution in [3.05, 3.63) is 199 Å². The minimum absolute atomic E-state index is 0.114.